The van der Waals surface area contributed by atoms with Gasteiger partial charge in [0.25, 0.3) is 0 Å². The van der Waals surface area contributed by atoms with Gasteiger partial charge >= 0.3 is 0 Å². The SMILES string of the molecule is COc1ccc(C(c2ccc(OC)cc2)N2C(=O)C(C(C)=O)C2C(C)COCc2ccccc2)cc1. The summed E-state index contributed by atoms with van der Waals surface area (Å²) in [6.07, 6.45) is 0. The van der Waals surface area contributed by atoms with Gasteiger partial charge in [-0.15, -0.1) is 0 Å². The van der Waals surface area contributed by atoms with E-state index in [9.17, 15) is 9.59 Å². The number of benzene rings is 3. The summed E-state index contributed by atoms with van der Waals surface area (Å²) in [5.41, 5.74) is 2.97. The summed E-state index contributed by atoms with van der Waals surface area (Å²) in [6, 6.07) is 24.8. The average Bonchev–Trinajstić information content (AvgIpc) is 2.90. The molecule has 1 aliphatic heterocycles. The average molecular weight is 488 g/mol. The highest BCUT2D eigenvalue weighted by molar-refractivity contribution is 6.06. The molecule has 6 heteroatoms. The predicted octanol–water partition coefficient (Wildman–Crippen LogP) is 5.06. The molecule has 0 aromatic heterocycles. The van der Waals surface area contributed by atoms with E-state index in [1.54, 1.807) is 14.2 Å². The molecule has 0 saturated carbocycles. The van der Waals surface area contributed by atoms with Crippen molar-refractivity contribution >= 4 is 11.7 Å². The van der Waals surface area contributed by atoms with Gasteiger partial charge in [-0.1, -0.05) is 61.5 Å². The minimum atomic E-state index is -0.667. The minimum Gasteiger partial charge on any atom is -0.497 e. The third kappa shape index (κ3) is 5.29. The quantitative estimate of drug-likeness (QED) is 0.279. The van der Waals surface area contributed by atoms with Gasteiger partial charge in [0.2, 0.25) is 5.91 Å². The molecule has 0 radical (unpaired) electrons. The molecule has 1 amide bonds. The van der Waals surface area contributed by atoms with Crippen LogP contribution in [0, 0.1) is 11.8 Å². The molecule has 1 heterocycles. The highest BCUT2D eigenvalue weighted by Crippen LogP contribution is 2.43. The van der Waals surface area contributed by atoms with Crippen LogP contribution in [0.5, 0.6) is 11.5 Å². The van der Waals surface area contributed by atoms with E-state index in [0.717, 1.165) is 28.2 Å². The molecule has 4 rings (SSSR count). The van der Waals surface area contributed by atoms with E-state index in [1.165, 1.54) is 6.92 Å². The van der Waals surface area contributed by atoms with E-state index in [4.69, 9.17) is 14.2 Å². The van der Waals surface area contributed by atoms with Crippen molar-refractivity contribution in [2.24, 2.45) is 11.8 Å². The lowest BCUT2D eigenvalue weighted by Crippen LogP contribution is -2.67. The molecule has 3 unspecified atom stereocenters. The largest absolute Gasteiger partial charge is 0.497 e. The molecule has 188 valence electrons. The molecule has 3 aromatic carbocycles. The van der Waals surface area contributed by atoms with E-state index in [-0.39, 0.29) is 29.7 Å². The van der Waals surface area contributed by atoms with Crippen LogP contribution in [0.1, 0.15) is 36.6 Å². The third-order valence-electron chi connectivity index (χ3n) is 6.84. The van der Waals surface area contributed by atoms with Gasteiger partial charge in [-0.25, -0.2) is 0 Å². The maximum Gasteiger partial charge on any atom is 0.236 e. The summed E-state index contributed by atoms with van der Waals surface area (Å²) < 4.78 is 16.7. The molecule has 0 aliphatic carbocycles. The van der Waals surface area contributed by atoms with Gasteiger partial charge < -0.3 is 19.1 Å². The van der Waals surface area contributed by atoms with Gasteiger partial charge in [0.1, 0.15) is 23.2 Å². The predicted molar refractivity (Wildman–Crippen MR) is 138 cm³/mol. The van der Waals surface area contributed by atoms with Crippen molar-refractivity contribution in [3.63, 3.8) is 0 Å². The summed E-state index contributed by atoms with van der Waals surface area (Å²) in [5.74, 6) is 0.503. The van der Waals surface area contributed by atoms with E-state index in [0.29, 0.717) is 13.2 Å². The first-order valence-electron chi connectivity index (χ1n) is 12.2. The number of ketones is 1. The molecule has 0 N–H and O–H groups in total. The maximum atomic E-state index is 13.5. The number of ether oxygens (including phenoxy) is 3. The first-order valence-corrected chi connectivity index (χ1v) is 12.2. The number of carbonyl (C=O) groups excluding carboxylic acids is 2. The lowest BCUT2D eigenvalue weighted by Gasteiger charge is -2.53. The molecule has 0 spiro atoms. The molecule has 6 nitrogen and oxygen atoms in total. The van der Waals surface area contributed by atoms with E-state index < -0.39 is 5.92 Å². The fraction of sp³-hybridized carbons (Fsp3) is 0.333. The summed E-state index contributed by atoms with van der Waals surface area (Å²) in [4.78, 5) is 27.8. The smallest absolute Gasteiger partial charge is 0.236 e. The summed E-state index contributed by atoms with van der Waals surface area (Å²) in [7, 11) is 3.25. The summed E-state index contributed by atoms with van der Waals surface area (Å²) in [6.45, 7) is 4.46. The van der Waals surface area contributed by atoms with Gasteiger partial charge in [0.05, 0.1) is 39.5 Å². The molecule has 0 bridgehead atoms. The zero-order valence-electron chi connectivity index (χ0n) is 21.2. The topological polar surface area (TPSA) is 65.1 Å². The molecule has 1 saturated heterocycles. The number of carbonyl (C=O) groups is 2. The highest BCUT2D eigenvalue weighted by atomic mass is 16.5. The molecule has 36 heavy (non-hydrogen) atoms. The number of hydrogen-bond donors (Lipinski definition) is 0. The Morgan fingerprint density at radius 3 is 1.86 bits per heavy atom. The first kappa shape index (κ1) is 25.5. The molecule has 3 aromatic rings. The van der Waals surface area contributed by atoms with Crippen molar-refractivity contribution in [1.29, 1.82) is 0 Å². The van der Waals surface area contributed by atoms with E-state index in [2.05, 4.69) is 0 Å². The van der Waals surface area contributed by atoms with E-state index in [1.807, 2.05) is 90.7 Å². The van der Waals surface area contributed by atoms with Crippen LogP contribution in [-0.4, -0.2) is 43.5 Å². The Kier molecular flexibility index (Phi) is 8.06. The lowest BCUT2D eigenvalue weighted by atomic mass is 9.75. The molecule has 1 aliphatic rings. The number of β-lactam (4-membered cyclic amide) rings is 1. The fourth-order valence-electron chi connectivity index (χ4n) is 4.97. The van der Waals surface area contributed by atoms with Gasteiger partial charge in [0, 0.05) is 5.92 Å². The Morgan fingerprint density at radius 2 is 1.39 bits per heavy atom. The van der Waals surface area contributed by atoms with Crippen molar-refractivity contribution in [2.45, 2.75) is 32.5 Å². The van der Waals surface area contributed by atoms with Crippen molar-refractivity contribution < 1.29 is 23.8 Å². The van der Waals surface area contributed by atoms with Crippen LogP contribution in [0.15, 0.2) is 78.9 Å². The van der Waals surface area contributed by atoms with Gasteiger partial charge in [0.15, 0.2) is 0 Å². The van der Waals surface area contributed by atoms with Crippen molar-refractivity contribution in [3.8, 4) is 11.5 Å². The summed E-state index contributed by atoms with van der Waals surface area (Å²) in [5, 5.41) is 0. The Balaban J connectivity index is 1.64. The van der Waals surface area contributed by atoms with Crippen LogP contribution < -0.4 is 9.47 Å². The Morgan fingerprint density at radius 1 is 0.861 bits per heavy atom. The highest BCUT2D eigenvalue weighted by Gasteiger charge is 2.55. The normalized spacial score (nSPS) is 18.0. The first-order chi connectivity index (χ1) is 17.4. The summed E-state index contributed by atoms with van der Waals surface area (Å²) >= 11 is 0. The zero-order valence-corrected chi connectivity index (χ0v) is 21.2. The van der Waals surface area contributed by atoms with Crippen LogP contribution in [0.3, 0.4) is 0 Å². The second-order valence-electron chi connectivity index (χ2n) is 9.25. The van der Waals surface area contributed by atoms with Gasteiger partial charge in [-0.05, 0) is 47.9 Å². The second kappa shape index (κ2) is 11.4. The number of Topliss-reactive ketones (excluding diaryl/α,β-unsaturated/α-hetero) is 1. The standard InChI is InChI=1S/C30H33NO5/c1-20(18-36-19-22-8-6-5-7-9-22)28-27(21(2)32)30(33)31(28)29(23-10-14-25(34-3)15-11-23)24-12-16-26(35-4)17-13-24/h5-17,20,27-29H,18-19H2,1-4H3. The second-order valence-corrected chi connectivity index (χ2v) is 9.25. The van der Waals surface area contributed by atoms with Crippen molar-refractivity contribution in [1.82, 2.24) is 4.90 Å². The van der Waals surface area contributed by atoms with Crippen LogP contribution in [-0.2, 0) is 20.9 Å². The lowest BCUT2D eigenvalue weighted by molar-refractivity contribution is -0.169. The third-order valence-corrected chi connectivity index (χ3v) is 6.84. The molecular weight excluding hydrogens is 454 g/mol. The molecular formula is C30H33NO5. The maximum absolute atomic E-state index is 13.5. The number of hydrogen-bond acceptors (Lipinski definition) is 5. The number of methoxy groups -OCH3 is 2. The number of rotatable bonds is 11. The zero-order chi connectivity index (χ0) is 25.7. The Hall–Kier alpha value is -3.64. The number of likely N-dealkylation sites (tertiary alicyclic amines) is 1. The minimum absolute atomic E-state index is 0.0423. The van der Waals surface area contributed by atoms with Crippen LogP contribution >= 0.6 is 0 Å². The fourth-order valence-corrected chi connectivity index (χ4v) is 4.97. The number of amides is 1. The van der Waals surface area contributed by atoms with Crippen LogP contribution in [0.4, 0.5) is 0 Å². The molecule has 3 atom stereocenters. The monoisotopic (exact) mass is 487 g/mol. The van der Waals surface area contributed by atoms with Crippen molar-refractivity contribution in [2.75, 3.05) is 20.8 Å². The number of nitrogens with zero attached hydrogens (tertiary/aromatic N) is 1. The van der Waals surface area contributed by atoms with Crippen LogP contribution in [0.2, 0.25) is 0 Å². The van der Waals surface area contributed by atoms with E-state index >= 15 is 0 Å². The Labute approximate surface area is 212 Å². The Bertz CT molecular complexity index is 1110. The van der Waals surface area contributed by atoms with Crippen LogP contribution in [0.25, 0.3) is 0 Å². The molecule has 1 fully saturated rings. The van der Waals surface area contributed by atoms with Crippen molar-refractivity contribution in [3.05, 3.63) is 95.6 Å². The van der Waals surface area contributed by atoms with Gasteiger partial charge in [-0.2, -0.15) is 0 Å². The van der Waals surface area contributed by atoms with Gasteiger partial charge in [-0.3, -0.25) is 9.59 Å².